The van der Waals surface area contributed by atoms with E-state index < -0.39 is 5.91 Å². The predicted molar refractivity (Wildman–Crippen MR) is 90.6 cm³/mol. The van der Waals surface area contributed by atoms with Gasteiger partial charge in [0.05, 0.1) is 16.6 Å². The minimum atomic E-state index is -0.660. The van der Waals surface area contributed by atoms with Crippen molar-refractivity contribution in [3.8, 4) is 11.4 Å². The molecule has 0 saturated heterocycles. The van der Waals surface area contributed by atoms with Gasteiger partial charge in [-0.05, 0) is 41.4 Å². The van der Waals surface area contributed by atoms with Gasteiger partial charge < -0.3 is 16.6 Å². The van der Waals surface area contributed by atoms with Crippen LogP contribution in [0.4, 0.5) is 5.82 Å². The fourth-order valence-corrected chi connectivity index (χ4v) is 2.99. The number of hydrogen-bond donors (Lipinski definition) is 3. The van der Waals surface area contributed by atoms with Gasteiger partial charge in [0.2, 0.25) is 0 Å². The van der Waals surface area contributed by atoms with E-state index in [1.165, 1.54) is 6.20 Å². The molecular formula is C15H14BrN5O2. The van der Waals surface area contributed by atoms with Crippen LogP contribution in [0.5, 0.6) is 5.75 Å². The first-order valence-electron chi connectivity index (χ1n) is 6.74. The molecule has 0 unspecified atom stereocenters. The zero-order valence-electron chi connectivity index (χ0n) is 12.5. The van der Waals surface area contributed by atoms with E-state index in [0.29, 0.717) is 27.0 Å². The molecule has 0 atom stereocenters. The van der Waals surface area contributed by atoms with E-state index in [4.69, 9.17) is 11.5 Å². The summed E-state index contributed by atoms with van der Waals surface area (Å²) in [6.45, 7) is 3.65. The van der Waals surface area contributed by atoms with Gasteiger partial charge in [0.15, 0.2) is 10.4 Å². The van der Waals surface area contributed by atoms with E-state index in [-0.39, 0.29) is 17.1 Å². The van der Waals surface area contributed by atoms with E-state index >= 15 is 0 Å². The van der Waals surface area contributed by atoms with Crippen LogP contribution in [0.3, 0.4) is 0 Å². The number of aromatic nitrogens is 3. The summed E-state index contributed by atoms with van der Waals surface area (Å²) in [6, 6.07) is 3.37. The van der Waals surface area contributed by atoms with E-state index in [1.807, 2.05) is 6.92 Å². The van der Waals surface area contributed by atoms with Crippen LogP contribution in [0.2, 0.25) is 0 Å². The Morgan fingerprint density at radius 2 is 2.04 bits per heavy atom. The minimum Gasteiger partial charge on any atom is -0.508 e. The second-order valence-electron chi connectivity index (χ2n) is 5.21. The quantitative estimate of drug-likeness (QED) is 0.592. The number of primary amides is 1. The topological polar surface area (TPSA) is 120 Å². The highest BCUT2D eigenvalue weighted by atomic mass is 79.9. The SMILES string of the molecule is Cc1ccc(O)c(C)c1-n1c(N)c(C(N)=O)c2cnc(Br)nc21. The third-order valence-electron chi connectivity index (χ3n) is 3.79. The van der Waals surface area contributed by atoms with E-state index in [9.17, 15) is 9.90 Å². The van der Waals surface area contributed by atoms with Gasteiger partial charge in [0, 0.05) is 11.8 Å². The fraction of sp³-hybridized carbons (Fsp3) is 0.133. The Kier molecular flexibility index (Phi) is 3.48. The number of anilines is 1. The Hall–Kier alpha value is -2.61. The van der Waals surface area contributed by atoms with Crippen LogP contribution in [0.25, 0.3) is 16.7 Å². The number of aryl methyl sites for hydroxylation is 1. The lowest BCUT2D eigenvalue weighted by atomic mass is 10.1. The maximum absolute atomic E-state index is 11.8. The standard InChI is InChI=1S/C15H14BrN5O2/c1-6-3-4-9(22)7(2)11(6)21-12(17)10(13(18)23)8-5-19-15(16)20-14(8)21/h3-5,22H,17H2,1-2H3,(H2,18,23). The monoisotopic (exact) mass is 375 g/mol. The molecule has 3 aromatic rings. The second-order valence-corrected chi connectivity index (χ2v) is 5.92. The number of carbonyl (C=O) groups excluding carboxylic acids is 1. The molecule has 3 rings (SSSR count). The number of halogens is 1. The summed E-state index contributed by atoms with van der Waals surface area (Å²) in [6.07, 6.45) is 1.49. The number of aromatic hydroxyl groups is 1. The van der Waals surface area contributed by atoms with Crippen molar-refractivity contribution in [2.45, 2.75) is 13.8 Å². The zero-order chi connectivity index (χ0) is 16.9. The molecule has 5 N–H and O–H groups in total. The van der Waals surface area contributed by atoms with Crippen LogP contribution in [-0.4, -0.2) is 25.5 Å². The molecule has 118 valence electrons. The Balaban J connectivity index is 2.53. The van der Waals surface area contributed by atoms with Gasteiger partial charge >= 0.3 is 0 Å². The molecule has 0 fully saturated rings. The molecule has 8 heteroatoms. The highest BCUT2D eigenvalue weighted by Crippen LogP contribution is 2.35. The fourth-order valence-electron chi connectivity index (χ4n) is 2.72. The zero-order valence-corrected chi connectivity index (χ0v) is 14.0. The number of benzene rings is 1. The smallest absolute Gasteiger partial charge is 0.253 e. The van der Waals surface area contributed by atoms with Gasteiger partial charge in [0.25, 0.3) is 5.91 Å². The van der Waals surface area contributed by atoms with Crippen LogP contribution < -0.4 is 11.5 Å². The molecule has 1 amide bonds. The van der Waals surface area contributed by atoms with Crippen molar-refractivity contribution in [1.29, 1.82) is 0 Å². The summed E-state index contributed by atoms with van der Waals surface area (Å²) >= 11 is 3.22. The number of phenolic OH excluding ortho intramolecular Hbond substituents is 1. The maximum atomic E-state index is 11.8. The molecule has 0 aliphatic heterocycles. The summed E-state index contributed by atoms with van der Waals surface area (Å²) in [5, 5.41) is 10.5. The minimum absolute atomic E-state index is 0.126. The number of carbonyl (C=O) groups is 1. The predicted octanol–water partition coefficient (Wildman–Crippen LogP) is 2.19. The normalized spacial score (nSPS) is 11.1. The molecule has 1 aromatic carbocycles. The first kappa shape index (κ1) is 15.3. The summed E-state index contributed by atoms with van der Waals surface area (Å²) in [4.78, 5) is 20.2. The first-order valence-corrected chi connectivity index (χ1v) is 7.54. The molecule has 0 aliphatic rings. The molecule has 0 bridgehead atoms. The Labute approximate surface area is 140 Å². The Morgan fingerprint density at radius 1 is 1.35 bits per heavy atom. The van der Waals surface area contributed by atoms with Crippen LogP contribution in [0.15, 0.2) is 23.1 Å². The van der Waals surface area contributed by atoms with Gasteiger partial charge in [-0.2, -0.15) is 0 Å². The number of fused-ring (bicyclic) bond motifs is 1. The van der Waals surface area contributed by atoms with Crippen molar-refractivity contribution in [3.05, 3.63) is 39.8 Å². The highest BCUT2D eigenvalue weighted by Gasteiger charge is 2.24. The second kappa shape index (κ2) is 5.24. The maximum Gasteiger partial charge on any atom is 0.253 e. The van der Waals surface area contributed by atoms with E-state index in [1.54, 1.807) is 23.6 Å². The van der Waals surface area contributed by atoms with Crippen LogP contribution in [0, 0.1) is 13.8 Å². The number of nitrogens with two attached hydrogens (primary N) is 2. The first-order chi connectivity index (χ1) is 10.8. The van der Waals surface area contributed by atoms with Crippen molar-refractivity contribution in [2.24, 2.45) is 5.73 Å². The molecule has 0 saturated carbocycles. The molecule has 23 heavy (non-hydrogen) atoms. The number of phenols is 1. The van der Waals surface area contributed by atoms with Crippen molar-refractivity contribution in [2.75, 3.05) is 5.73 Å². The Bertz CT molecular complexity index is 964. The molecule has 7 nitrogen and oxygen atoms in total. The third-order valence-corrected chi connectivity index (χ3v) is 4.17. The van der Waals surface area contributed by atoms with E-state index in [2.05, 4.69) is 25.9 Å². The number of nitrogen functional groups attached to an aromatic ring is 1. The van der Waals surface area contributed by atoms with Gasteiger partial charge in [-0.1, -0.05) is 6.07 Å². The van der Waals surface area contributed by atoms with E-state index in [0.717, 1.165) is 5.56 Å². The van der Waals surface area contributed by atoms with Crippen molar-refractivity contribution in [1.82, 2.24) is 14.5 Å². The van der Waals surface area contributed by atoms with Gasteiger partial charge in [-0.3, -0.25) is 9.36 Å². The van der Waals surface area contributed by atoms with Crippen molar-refractivity contribution in [3.63, 3.8) is 0 Å². The average Bonchev–Trinajstić information content (AvgIpc) is 2.76. The van der Waals surface area contributed by atoms with Gasteiger partial charge in [0.1, 0.15) is 11.6 Å². The molecular weight excluding hydrogens is 362 g/mol. The largest absolute Gasteiger partial charge is 0.508 e. The summed E-state index contributed by atoms with van der Waals surface area (Å²) in [5.74, 6) is -0.370. The molecule has 0 radical (unpaired) electrons. The lowest BCUT2D eigenvalue weighted by molar-refractivity contribution is 0.100. The summed E-state index contributed by atoms with van der Waals surface area (Å²) < 4.78 is 1.97. The number of amides is 1. The van der Waals surface area contributed by atoms with Gasteiger partial charge in [-0.15, -0.1) is 0 Å². The third kappa shape index (κ3) is 2.22. The van der Waals surface area contributed by atoms with Crippen LogP contribution >= 0.6 is 15.9 Å². The molecule has 2 heterocycles. The molecule has 2 aromatic heterocycles. The molecule has 0 aliphatic carbocycles. The lowest BCUT2D eigenvalue weighted by Gasteiger charge is -2.15. The highest BCUT2D eigenvalue weighted by molar-refractivity contribution is 9.10. The Morgan fingerprint density at radius 3 is 2.70 bits per heavy atom. The summed E-state index contributed by atoms with van der Waals surface area (Å²) in [5.41, 5.74) is 14.4. The van der Waals surface area contributed by atoms with Crippen molar-refractivity contribution < 1.29 is 9.90 Å². The van der Waals surface area contributed by atoms with Gasteiger partial charge in [-0.25, -0.2) is 9.97 Å². The number of rotatable bonds is 2. The number of nitrogens with zero attached hydrogens (tertiary/aromatic N) is 3. The summed E-state index contributed by atoms with van der Waals surface area (Å²) in [7, 11) is 0. The average molecular weight is 376 g/mol. The number of hydrogen-bond acceptors (Lipinski definition) is 5. The van der Waals surface area contributed by atoms with Crippen LogP contribution in [-0.2, 0) is 0 Å². The molecule has 0 spiro atoms. The lowest BCUT2D eigenvalue weighted by Crippen LogP contribution is -2.14. The van der Waals surface area contributed by atoms with Crippen molar-refractivity contribution >= 4 is 38.7 Å². The van der Waals surface area contributed by atoms with Crippen LogP contribution in [0.1, 0.15) is 21.5 Å².